The lowest BCUT2D eigenvalue weighted by Crippen LogP contribution is -2.30. The maximum absolute atomic E-state index is 12.2. The van der Waals surface area contributed by atoms with Crippen LogP contribution in [0.1, 0.15) is 12.5 Å². The Balaban J connectivity index is 1.52. The van der Waals surface area contributed by atoms with E-state index in [2.05, 4.69) is 20.3 Å². The zero-order chi connectivity index (χ0) is 16.8. The third-order valence-electron chi connectivity index (χ3n) is 3.35. The van der Waals surface area contributed by atoms with Gasteiger partial charge in [0.15, 0.2) is 0 Å². The Kier molecular flexibility index (Phi) is 5.22. The number of nitrogens with zero attached hydrogens (tertiary/aromatic N) is 4. The molecule has 0 aliphatic rings. The number of amides is 1. The Bertz CT molecular complexity index is 775. The third kappa shape index (κ3) is 4.20. The summed E-state index contributed by atoms with van der Waals surface area (Å²) < 4.78 is 1.83. The summed E-state index contributed by atoms with van der Waals surface area (Å²) in [7, 11) is 0. The van der Waals surface area contributed by atoms with Gasteiger partial charge in [0.2, 0.25) is 5.91 Å². The highest BCUT2D eigenvalue weighted by atomic mass is 32.2. The summed E-state index contributed by atoms with van der Waals surface area (Å²) in [6.07, 6.45) is 8.71. The molecule has 7 heteroatoms. The van der Waals surface area contributed by atoms with Gasteiger partial charge in [0.05, 0.1) is 10.3 Å². The van der Waals surface area contributed by atoms with Crippen LogP contribution in [0.3, 0.4) is 0 Å². The maximum atomic E-state index is 12.2. The molecule has 3 rings (SSSR count). The number of rotatable bonds is 6. The number of carbonyl (C=O) groups excluding carboxylic acids is 1. The molecular weight excluding hydrogens is 322 g/mol. The molecule has 1 unspecified atom stereocenters. The summed E-state index contributed by atoms with van der Waals surface area (Å²) in [6, 6.07) is 9.50. The van der Waals surface area contributed by atoms with E-state index in [9.17, 15) is 4.79 Å². The largest absolute Gasteiger partial charge is 0.351 e. The molecule has 3 heterocycles. The van der Waals surface area contributed by atoms with Crippen molar-refractivity contribution in [2.45, 2.75) is 23.7 Å². The topological polar surface area (TPSA) is 72.7 Å². The lowest BCUT2D eigenvalue weighted by atomic mass is 10.2. The first kappa shape index (κ1) is 16.2. The molecule has 122 valence electrons. The SMILES string of the molecule is CC(Sc1ccccn1)C(=O)NCc1ccc(-n2ccnc2)nc1. The fraction of sp³-hybridized carbons (Fsp3) is 0.176. The average molecular weight is 339 g/mol. The first-order valence-corrected chi connectivity index (χ1v) is 8.39. The van der Waals surface area contributed by atoms with E-state index >= 15 is 0 Å². The number of thioether (sulfide) groups is 1. The van der Waals surface area contributed by atoms with Crippen molar-refractivity contribution in [3.8, 4) is 5.82 Å². The zero-order valence-corrected chi connectivity index (χ0v) is 14.0. The lowest BCUT2D eigenvalue weighted by molar-refractivity contribution is -0.120. The number of imidazole rings is 1. The van der Waals surface area contributed by atoms with E-state index in [4.69, 9.17) is 0 Å². The summed E-state index contributed by atoms with van der Waals surface area (Å²) in [5.74, 6) is 0.769. The van der Waals surface area contributed by atoms with Crippen LogP contribution in [-0.4, -0.2) is 30.7 Å². The molecule has 0 aliphatic heterocycles. The molecule has 1 atom stereocenters. The van der Waals surface area contributed by atoms with Crippen LogP contribution in [0.25, 0.3) is 5.82 Å². The van der Waals surface area contributed by atoms with Crippen molar-refractivity contribution < 1.29 is 4.79 Å². The van der Waals surface area contributed by atoms with Gasteiger partial charge in [-0.05, 0) is 30.7 Å². The van der Waals surface area contributed by atoms with Crippen LogP contribution in [0.15, 0.2) is 66.5 Å². The minimum Gasteiger partial charge on any atom is -0.351 e. The smallest absolute Gasteiger partial charge is 0.233 e. The average Bonchev–Trinajstić information content (AvgIpc) is 3.15. The number of hydrogen-bond acceptors (Lipinski definition) is 5. The fourth-order valence-electron chi connectivity index (χ4n) is 2.05. The normalized spacial score (nSPS) is 11.9. The maximum Gasteiger partial charge on any atom is 0.233 e. The van der Waals surface area contributed by atoms with Gasteiger partial charge < -0.3 is 5.32 Å². The molecule has 6 nitrogen and oxygen atoms in total. The molecule has 0 fully saturated rings. The first-order valence-electron chi connectivity index (χ1n) is 7.51. The van der Waals surface area contributed by atoms with Crippen molar-refractivity contribution in [2.75, 3.05) is 0 Å². The van der Waals surface area contributed by atoms with E-state index in [0.29, 0.717) is 6.54 Å². The van der Waals surface area contributed by atoms with Crippen LogP contribution in [0, 0.1) is 0 Å². The van der Waals surface area contributed by atoms with Gasteiger partial charge in [0, 0.05) is 31.3 Å². The lowest BCUT2D eigenvalue weighted by Gasteiger charge is -2.11. The third-order valence-corrected chi connectivity index (χ3v) is 4.40. The van der Waals surface area contributed by atoms with Crippen molar-refractivity contribution in [3.05, 3.63) is 67.0 Å². The molecule has 1 N–H and O–H groups in total. The number of nitrogens with one attached hydrogen (secondary N) is 1. The van der Waals surface area contributed by atoms with Gasteiger partial charge in [-0.1, -0.05) is 23.9 Å². The van der Waals surface area contributed by atoms with E-state index in [1.807, 2.05) is 48.0 Å². The van der Waals surface area contributed by atoms with Gasteiger partial charge in [-0.2, -0.15) is 0 Å². The molecule has 24 heavy (non-hydrogen) atoms. The summed E-state index contributed by atoms with van der Waals surface area (Å²) in [5.41, 5.74) is 0.947. The Morgan fingerprint density at radius 2 is 2.17 bits per heavy atom. The summed E-state index contributed by atoms with van der Waals surface area (Å²) in [5, 5.41) is 3.56. The molecule has 0 saturated heterocycles. The van der Waals surface area contributed by atoms with E-state index in [1.54, 1.807) is 24.9 Å². The highest BCUT2D eigenvalue weighted by Gasteiger charge is 2.14. The summed E-state index contributed by atoms with van der Waals surface area (Å²) in [4.78, 5) is 24.8. The second-order valence-corrected chi connectivity index (χ2v) is 6.50. The molecular formula is C17H17N5OS. The van der Waals surface area contributed by atoms with Gasteiger partial charge in [0.25, 0.3) is 0 Å². The second kappa shape index (κ2) is 7.74. The number of hydrogen-bond donors (Lipinski definition) is 1. The standard InChI is InChI=1S/C17H17N5OS/c1-13(24-16-4-2-3-7-19-16)17(23)21-11-14-5-6-15(20-10-14)22-9-8-18-12-22/h2-10,12-13H,11H2,1H3,(H,21,23). The van der Waals surface area contributed by atoms with Crippen molar-refractivity contribution >= 4 is 17.7 Å². The number of carbonyl (C=O) groups is 1. The quantitative estimate of drug-likeness (QED) is 0.699. The Hall–Kier alpha value is -2.67. The van der Waals surface area contributed by atoms with E-state index < -0.39 is 0 Å². The van der Waals surface area contributed by atoms with Crippen LogP contribution in [0.4, 0.5) is 0 Å². The van der Waals surface area contributed by atoms with Crippen LogP contribution >= 0.6 is 11.8 Å². The van der Waals surface area contributed by atoms with Gasteiger partial charge in [-0.3, -0.25) is 9.36 Å². The number of pyridine rings is 2. The van der Waals surface area contributed by atoms with Crippen LogP contribution in [0.2, 0.25) is 0 Å². The second-order valence-electron chi connectivity index (χ2n) is 5.14. The Morgan fingerprint density at radius 3 is 2.83 bits per heavy atom. The molecule has 3 aromatic heterocycles. The van der Waals surface area contributed by atoms with Gasteiger partial charge in [-0.25, -0.2) is 15.0 Å². The highest BCUT2D eigenvalue weighted by molar-refractivity contribution is 8.00. The molecule has 0 spiro atoms. The number of aromatic nitrogens is 4. The van der Waals surface area contributed by atoms with Crippen LogP contribution in [0.5, 0.6) is 0 Å². The van der Waals surface area contributed by atoms with Crippen LogP contribution in [-0.2, 0) is 11.3 Å². The van der Waals surface area contributed by atoms with Crippen molar-refractivity contribution in [1.29, 1.82) is 0 Å². The zero-order valence-electron chi connectivity index (χ0n) is 13.2. The first-order chi connectivity index (χ1) is 11.7. The monoisotopic (exact) mass is 339 g/mol. The van der Waals surface area contributed by atoms with Crippen molar-refractivity contribution in [2.24, 2.45) is 0 Å². The van der Waals surface area contributed by atoms with E-state index in [1.165, 1.54) is 11.8 Å². The van der Waals surface area contributed by atoms with E-state index in [-0.39, 0.29) is 11.2 Å². The minimum atomic E-state index is -0.210. The Morgan fingerprint density at radius 1 is 1.25 bits per heavy atom. The van der Waals surface area contributed by atoms with Crippen LogP contribution < -0.4 is 5.32 Å². The molecule has 0 bridgehead atoms. The predicted molar refractivity (Wildman–Crippen MR) is 92.8 cm³/mol. The van der Waals surface area contributed by atoms with Crippen molar-refractivity contribution in [1.82, 2.24) is 24.8 Å². The van der Waals surface area contributed by atoms with Crippen molar-refractivity contribution in [3.63, 3.8) is 0 Å². The molecule has 0 radical (unpaired) electrons. The molecule has 0 saturated carbocycles. The van der Waals surface area contributed by atoms with Gasteiger partial charge in [-0.15, -0.1) is 0 Å². The summed E-state index contributed by atoms with van der Waals surface area (Å²) >= 11 is 1.44. The fourth-order valence-corrected chi connectivity index (χ4v) is 2.88. The minimum absolute atomic E-state index is 0.0238. The molecule has 1 amide bonds. The molecule has 0 aliphatic carbocycles. The highest BCUT2D eigenvalue weighted by Crippen LogP contribution is 2.20. The Labute approximate surface area is 144 Å². The summed E-state index contributed by atoms with van der Waals surface area (Å²) in [6.45, 7) is 2.32. The molecule has 3 aromatic rings. The van der Waals surface area contributed by atoms with E-state index in [0.717, 1.165) is 16.4 Å². The van der Waals surface area contributed by atoms with Gasteiger partial charge in [0.1, 0.15) is 12.1 Å². The predicted octanol–water partition coefficient (Wildman–Crippen LogP) is 2.46. The van der Waals surface area contributed by atoms with Gasteiger partial charge >= 0.3 is 0 Å². The molecule has 0 aromatic carbocycles.